The highest BCUT2D eigenvalue weighted by Gasteiger charge is 2.23. The Kier molecular flexibility index (Phi) is 7.08. The summed E-state index contributed by atoms with van der Waals surface area (Å²) in [7, 11) is 5.60. The molecule has 1 aromatic carbocycles. The van der Waals surface area contributed by atoms with Crippen molar-refractivity contribution in [3.63, 3.8) is 0 Å². The van der Waals surface area contributed by atoms with Gasteiger partial charge in [0.15, 0.2) is 11.6 Å². The highest BCUT2D eigenvalue weighted by atomic mass is 35.5. The van der Waals surface area contributed by atoms with E-state index in [2.05, 4.69) is 10.3 Å². The summed E-state index contributed by atoms with van der Waals surface area (Å²) in [5, 5.41) is 19.8. The Bertz CT molecular complexity index is 857. The van der Waals surface area contributed by atoms with Crippen molar-refractivity contribution in [2.75, 3.05) is 18.5 Å². The molecule has 1 unspecified atom stereocenters. The maximum atomic E-state index is 14.4. The fourth-order valence-corrected chi connectivity index (χ4v) is 2.25. The summed E-state index contributed by atoms with van der Waals surface area (Å²) in [6.07, 6.45) is 0.0802. The van der Waals surface area contributed by atoms with Crippen molar-refractivity contribution in [1.29, 1.82) is 0 Å². The summed E-state index contributed by atoms with van der Waals surface area (Å²) in [5.74, 6) is -3.55. The van der Waals surface area contributed by atoms with Crippen molar-refractivity contribution in [3.05, 3.63) is 46.1 Å². The number of hydrogen-bond acceptors (Lipinski definition) is 6. The van der Waals surface area contributed by atoms with Crippen LogP contribution in [0.15, 0.2) is 18.3 Å². The molecule has 0 fully saturated rings. The third-order valence-electron chi connectivity index (χ3n) is 3.40. The number of aliphatic hydroxyl groups excluding tert-OH is 2. The van der Waals surface area contributed by atoms with E-state index in [-0.39, 0.29) is 11.4 Å². The normalized spacial score (nSPS) is 11.9. The molecule has 2 rings (SSSR count). The van der Waals surface area contributed by atoms with Gasteiger partial charge in [0.1, 0.15) is 26.4 Å². The molecule has 0 aliphatic carbocycles. The van der Waals surface area contributed by atoms with Crippen molar-refractivity contribution in [1.82, 2.24) is 10.5 Å². The molecule has 1 aromatic heterocycles. The molecule has 0 saturated carbocycles. The zero-order valence-electron chi connectivity index (χ0n) is 14.1. The number of carbonyl (C=O) groups is 1. The van der Waals surface area contributed by atoms with Gasteiger partial charge in [-0.1, -0.05) is 23.1 Å². The first kappa shape index (κ1) is 21.0. The first-order valence-electron chi connectivity index (χ1n) is 7.62. The smallest absolute Gasteiger partial charge is 0.277 e. The quantitative estimate of drug-likeness (QED) is 0.314. The predicted octanol–water partition coefficient (Wildman–Crippen LogP) is 0.874. The number of hydroxylamine groups is 1. The van der Waals surface area contributed by atoms with E-state index in [1.807, 2.05) is 5.48 Å². The minimum absolute atomic E-state index is 0.149. The van der Waals surface area contributed by atoms with E-state index in [0.717, 1.165) is 6.07 Å². The Labute approximate surface area is 159 Å². The minimum atomic E-state index is -1.39. The fourth-order valence-electron chi connectivity index (χ4n) is 2.05. The number of benzene rings is 1. The van der Waals surface area contributed by atoms with Crippen LogP contribution in [0.1, 0.15) is 15.9 Å². The van der Waals surface area contributed by atoms with E-state index in [4.69, 9.17) is 29.4 Å². The van der Waals surface area contributed by atoms with Crippen LogP contribution in [-0.4, -0.2) is 48.3 Å². The van der Waals surface area contributed by atoms with Crippen LogP contribution in [0.25, 0.3) is 0 Å². The molecular weight excluding hydrogens is 382 g/mol. The Hall–Kier alpha value is -2.27. The second-order valence-corrected chi connectivity index (χ2v) is 5.95. The van der Waals surface area contributed by atoms with Gasteiger partial charge in [0.25, 0.3) is 5.91 Å². The SMILES string of the molecule is [B]c1cnc(Nc2c(C(=O)NOCC(O)CO)cc(Cl)c(F)c2F)c(C)c1. The number of aromatic nitrogens is 1. The molecule has 0 aliphatic heterocycles. The van der Waals surface area contributed by atoms with Gasteiger partial charge in [-0.2, -0.15) is 0 Å². The van der Waals surface area contributed by atoms with E-state index in [0.29, 0.717) is 11.0 Å². The average molecular weight is 398 g/mol. The molecule has 1 amide bonds. The molecule has 11 heteroatoms. The van der Waals surface area contributed by atoms with Gasteiger partial charge in [0.05, 0.1) is 22.9 Å². The number of nitrogens with one attached hydrogen (secondary N) is 2. The van der Waals surface area contributed by atoms with Gasteiger partial charge in [0.2, 0.25) is 0 Å². The number of anilines is 2. The molecule has 0 bridgehead atoms. The Morgan fingerprint density at radius 1 is 1.41 bits per heavy atom. The maximum Gasteiger partial charge on any atom is 0.277 e. The van der Waals surface area contributed by atoms with E-state index >= 15 is 0 Å². The molecular formula is C16H15BClF2N3O4. The number of carbonyl (C=O) groups excluding carboxylic acids is 1. The van der Waals surface area contributed by atoms with Crippen molar-refractivity contribution >= 4 is 42.3 Å². The second kappa shape index (κ2) is 9.09. The van der Waals surface area contributed by atoms with Crippen LogP contribution in [0.2, 0.25) is 5.02 Å². The van der Waals surface area contributed by atoms with Crippen LogP contribution >= 0.6 is 11.6 Å². The third-order valence-corrected chi connectivity index (χ3v) is 3.68. The number of halogens is 3. The molecule has 1 atom stereocenters. The molecule has 4 N–H and O–H groups in total. The predicted molar refractivity (Wildman–Crippen MR) is 95.5 cm³/mol. The average Bonchev–Trinajstić information content (AvgIpc) is 2.63. The largest absolute Gasteiger partial charge is 0.394 e. The van der Waals surface area contributed by atoms with Crippen molar-refractivity contribution in [3.8, 4) is 0 Å². The van der Waals surface area contributed by atoms with Crippen LogP contribution in [0.4, 0.5) is 20.3 Å². The summed E-state index contributed by atoms with van der Waals surface area (Å²) in [6, 6.07) is 2.47. The number of rotatable bonds is 7. The second-order valence-electron chi connectivity index (χ2n) is 5.55. The molecule has 27 heavy (non-hydrogen) atoms. The van der Waals surface area contributed by atoms with E-state index in [1.54, 1.807) is 13.0 Å². The van der Waals surface area contributed by atoms with Gasteiger partial charge in [0, 0.05) is 6.20 Å². The molecule has 7 nitrogen and oxygen atoms in total. The standard InChI is InChI=1S/C16H15BClF2N3O4/c1-7-2-8(17)4-21-15(7)22-14-10(3-11(18)12(19)13(14)20)16(26)23-27-6-9(25)5-24/h2-4,9,24-25H,5-6H2,1H3,(H,21,22)(H,23,26). The van der Waals surface area contributed by atoms with Crippen molar-refractivity contribution in [2.45, 2.75) is 13.0 Å². The van der Waals surface area contributed by atoms with E-state index < -0.39 is 47.6 Å². The van der Waals surface area contributed by atoms with Gasteiger partial charge in [-0.05, 0) is 18.6 Å². The summed E-state index contributed by atoms with van der Waals surface area (Å²) in [5.41, 5.74) is 1.97. The van der Waals surface area contributed by atoms with Crippen LogP contribution in [0.3, 0.4) is 0 Å². The Morgan fingerprint density at radius 2 is 2.11 bits per heavy atom. The minimum Gasteiger partial charge on any atom is -0.394 e. The molecule has 142 valence electrons. The molecule has 2 radical (unpaired) electrons. The number of pyridine rings is 1. The summed E-state index contributed by atoms with van der Waals surface area (Å²) < 4.78 is 28.3. The maximum absolute atomic E-state index is 14.4. The number of nitrogens with zero attached hydrogens (tertiary/aromatic N) is 1. The number of hydrogen-bond donors (Lipinski definition) is 4. The third kappa shape index (κ3) is 5.13. The van der Waals surface area contributed by atoms with Gasteiger partial charge in [-0.3, -0.25) is 9.63 Å². The van der Waals surface area contributed by atoms with Gasteiger partial charge < -0.3 is 15.5 Å². The highest BCUT2D eigenvalue weighted by Crippen LogP contribution is 2.31. The van der Waals surface area contributed by atoms with Crippen LogP contribution in [0.5, 0.6) is 0 Å². The lowest BCUT2D eigenvalue weighted by atomic mass is 9.97. The van der Waals surface area contributed by atoms with Crippen LogP contribution < -0.4 is 16.3 Å². The van der Waals surface area contributed by atoms with Crippen LogP contribution in [0, 0.1) is 18.6 Å². The zero-order chi connectivity index (χ0) is 20.1. The lowest BCUT2D eigenvalue weighted by molar-refractivity contribution is -0.0295. The zero-order valence-corrected chi connectivity index (χ0v) is 14.8. The molecule has 0 aliphatic rings. The molecule has 0 saturated heterocycles. The van der Waals surface area contributed by atoms with Crippen molar-refractivity contribution in [2.24, 2.45) is 0 Å². The molecule has 1 heterocycles. The lowest BCUT2D eigenvalue weighted by Gasteiger charge is -2.16. The lowest BCUT2D eigenvalue weighted by Crippen LogP contribution is -2.30. The topological polar surface area (TPSA) is 104 Å². The van der Waals surface area contributed by atoms with Gasteiger partial charge in [-0.15, -0.1) is 0 Å². The van der Waals surface area contributed by atoms with Gasteiger partial charge >= 0.3 is 0 Å². The van der Waals surface area contributed by atoms with Gasteiger partial charge in [-0.25, -0.2) is 19.2 Å². The summed E-state index contributed by atoms with van der Waals surface area (Å²) >= 11 is 5.63. The number of amides is 1. The van der Waals surface area contributed by atoms with Crippen LogP contribution in [-0.2, 0) is 4.84 Å². The monoisotopic (exact) mass is 397 g/mol. The first-order chi connectivity index (χ1) is 12.7. The highest BCUT2D eigenvalue weighted by molar-refractivity contribution is 6.32. The molecule has 0 spiro atoms. The number of aliphatic hydroxyl groups is 2. The Morgan fingerprint density at radius 3 is 2.74 bits per heavy atom. The van der Waals surface area contributed by atoms with Crippen molar-refractivity contribution < 1.29 is 28.6 Å². The Balaban J connectivity index is 2.34. The van der Waals surface area contributed by atoms with E-state index in [1.165, 1.54) is 6.20 Å². The number of aryl methyl sites for hydroxylation is 1. The first-order valence-corrected chi connectivity index (χ1v) is 8.00. The van der Waals surface area contributed by atoms with E-state index in [9.17, 15) is 18.7 Å². The summed E-state index contributed by atoms with van der Waals surface area (Å²) in [4.78, 5) is 21.0. The fraction of sp³-hybridized carbons (Fsp3) is 0.250. The summed E-state index contributed by atoms with van der Waals surface area (Å²) in [6.45, 7) is 0.637. The molecule has 2 aromatic rings.